The fourth-order valence-electron chi connectivity index (χ4n) is 1.63. The second-order valence-corrected chi connectivity index (χ2v) is 5.40. The third-order valence-electron chi connectivity index (χ3n) is 2.20. The van der Waals surface area contributed by atoms with Gasteiger partial charge in [-0.1, -0.05) is 0 Å². The molecule has 0 fully saturated rings. The molecule has 1 heterocycles. The van der Waals surface area contributed by atoms with E-state index in [1.54, 1.807) is 12.5 Å². The smallest absolute Gasteiger partial charge is 0.240 e. The standard InChI is InChI=1S/C12H22N4O/c1-9(2)15-11(17)7-16-8-14-6-10(16)5-12(3,4)13/h6,8-9H,5,7,13H2,1-4H3,(H,15,17). The summed E-state index contributed by atoms with van der Waals surface area (Å²) in [5, 5.41) is 2.85. The third kappa shape index (κ3) is 4.99. The van der Waals surface area contributed by atoms with Gasteiger partial charge in [0.25, 0.3) is 0 Å². The predicted molar refractivity (Wildman–Crippen MR) is 67.5 cm³/mol. The van der Waals surface area contributed by atoms with Gasteiger partial charge in [-0.2, -0.15) is 0 Å². The molecule has 1 rings (SSSR count). The second kappa shape index (κ2) is 5.31. The Morgan fingerprint density at radius 3 is 2.76 bits per heavy atom. The van der Waals surface area contributed by atoms with E-state index >= 15 is 0 Å². The number of nitrogens with two attached hydrogens (primary N) is 1. The minimum atomic E-state index is -0.299. The van der Waals surface area contributed by atoms with Crippen molar-refractivity contribution >= 4 is 5.91 Å². The van der Waals surface area contributed by atoms with Crippen LogP contribution in [0.5, 0.6) is 0 Å². The average Bonchev–Trinajstić information content (AvgIpc) is 2.48. The molecule has 0 radical (unpaired) electrons. The van der Waals surface area contributed by atoms with E-state index in [0.717, 1.165) is 5.69 Å². The molecule has 0 atom stereocenters. The van der Waals surface area contributed by atoms with Gasteiger partial charge >= 0.3 is 0 Å². The summed E-state index contributed by atoms with van der Waals surface area (Å²) < 4.78 is 1.84. The van der Waals surface area contributed by atoms with Crippen LogP contribution in [0, 0.1) is 0 Å². The second-order valence-electron chi connectivity index (χ2n) is 5.40. The Hall–Kier alpha value is -1.36. The molecule has 0 saturated carbocycles. The van der Waals surface area contributed by atoms with Gasteiger partial charge in [-0.15, -0.1) is 0 Å². The van der Waals surface area contributed by atoms with Gasteiger partial charge in [0.1, 0.15) is 6.54 Å². The molecule has 5 heteroatoms. The zero-order valence-corrected chi connectivity index (χ0v) is 11.0. The summed E-state index contributed by atoms with van der Waals surface area (Å²) in [6.45, 7) is 8.09. The van der Waals surface area contributed by atoms with Gasteiger partial charge in [-0.25, -0.2) is 4.98 Å². The first-order valence-electron chi connectivity index (χ1n) is 5.85. The summed E-state index contributed by atoms with van der Waals surface area (Å²) >= 11 is 0. The molecule has 1 aromatic rings. The first-order chi connectivity index (χ1) is 7.78. The first kappa shape index (κ1) is 13.7. The van der Waals surface area contributed by atoms with E-state index in [1.807, 2.05) is 32.3 Å². The van der Waals surface area contributed by atoms with Gasteiger partial charge in [0, 0.05) is 29.9 Å². The van der Waals surface area contributed by atoms with Gasteiger partial charge in [-0.05, 0) is 27.7 Å². The van der Waals surface area contributed by atoms with E-state index in [-0.39, 0.29) is 17.5 Å². The number of rotatable bonds is 5. The number of imidazole rings is 1. The van der Waals surface area contributed by atoms with Gasteiger partial charge in [0.05, 0.1) is 6.33 Å². The van der Waals surface area contributed by atoms with Crippen LogP contribution in [0.2, 0.25) is 0 Å². The molecular weight excluding hydrogens is 216 g/mol. The highest BCUT2D eigenvalue weighted by Crippen LogP contribution is 2.09. The van der Waals surface area contributed by atoms with Crippen LogP contribution in [0.4, 0.5) is 0 Å². The highest BCUT2D eigenvalue weighted by Gasteiger charge is 2.16. The van der Waals surface area contributed by atoms with Crippen molar-refractivity contribution < 1.29 is 4.79 Å². The lowest BCUT2D eigenvalue weighted by Crippen LogP contribution is -2.37. The van der Waals surface area contributed by atoms with E-state index in [2.05, 4.69) is 10.3 Å². The van der Waals surface area contributed by atoms with E-state index in [0.29, 0.717) is 13.0 Å². The number of nitrogens with one attached hydrogen (secondary N) is 1. The molecule has 0 bridgehead atoms. The van der Waals surface area contributed by atoms with E-state index in [1.165, 1.54) is 0 Å². The van der Waals surface area contributed by atoms with Crippen LogP contribution in [0.1, 0.15) is 33.4 Å². The van der Waals surface area contributed by atoms with Gasteiger partial charge in [0.2, 0.25) is 5.91 Å². The molecule has 3 N–H and O–H groups in total. The molecule has 1 amide bonds. The van der Waals surface area contributed by atoms with Crippen molar-refractivity contribution in [3.63, 3.8) is 0 Å². The summed E-state index contributed by atoms with van der Waals surface area (Å²) in [4.78, 5) is 15.7. The summed E-state index contributed by atoms with van der Waals surface area (Å²) in [5.74, 6) is -0.00548. The van der Waals surface area contributed by atoms with E-state index < -0.39 is 0 Å². The Balaban J connectivity index is 2.66. The lowest BCUT2D eigenvalue weighted by atomic mass is 10.0. The number of hydrogen-bond donors (Lipinski definition) is 2. The molecule has 1 aromatic heterocycles. The number of aromatic nitrogens is 2. The number of carbonyl (C=O) groups is 1. The van der Waals surface area contributed by atoms with Crippen LogP contribution in [-0.2, 0) is 17.8 Å². The normalized spacial score (nSPS) is 11.9. The van der Waals surface area contributed by atoms with Crippen molar-refractivity contribution in [1.82, 2.24) is 14.9 Å². The number of nitrogens with zero attached hydrogens (tertiary/aromatic N) is 2. The monoisotopic (exact) mass is 238 g/mol. The Morgan fingerprint density at radius 2 is 2.24 bits per heavy atom. The van der Waals surface area contributed by atoms with E-state index in [9.17, 15) is 4.79 Å². The van der Waals surface area contributed by atoms with Crippen LogP contribution in [-0.4, -0.2) is 27.0 Å². The number of amides is 1. The predicted octanol–water partition coefficient (Wildman–Crippen LogP) is 0.687. The number of carbonyl (C=O) groups excluding carboxylic acids is 1. The highest BCUT2D eigenvalue weighted by atomic mass is 16.2. The molecule has 0 aliphatic carbocycles. The van der Waals surface area contributed by atoms with Gasteiger partial charge < -0.3 is 15.6 Å². The van der Waals surface area contributed by atoms with Gasteiger partial charge in [0.15, 0.2) is 0 Å². The van der Waals surface area contributed by atoms with Crippen molar-refractivity contribution in [2.45, 2.75) is 52.2 Å². The minimum Gasteiger partial charge on any atom is -0.352 e. The molecule has 96 valence electrons. The average molecular weight is 238 g/mol. The molecule has 0 spiro atoms. The summed E-state index contributed by atoms with van der Waals surface area (Å²) in [6, 6.07) is 0.153. The summed E-state index contributed by atoms with van der Waals surface area (Å²) in [7, 11) is 0. The lowest BCUT2D eigenvalue weighted by molar-refractivity contribution is -0.122. The summed E-state index contributed by atoms with van der Waals surface area (Å²) in [6.07, 6.45) is 4.13. The molecule has 0 aromatic carbocycles. The third-order valence-corrected chi connectivity index (χ3v) is 2.20. The Morgan fingerprint density at radius 1 is 1.59 bits per heavy atom. The lowest BCUT2D eigenvalue weighted by Gasteiger charge is -2.19. The van der Waals surface area contributed by atoms with E-state index in [4.69, 9.17) is 5.73 Å². The molecule has 0 aliphatic heterocycles. The maximum Gasteiger partial charge on any atom is 0.240 e. The maximum atomic E-state index is 11.6. The maximum absolute atomic E-state index is 11.6. The zero-order valence-electron chi connectivity index (χ0n) is 11.0. The van der Waals surface area contributed by atoms with Crippen molar-refractivity contribution in [2.24, 2.45) is 5.73 Å². The molecule has 17 heavy (non-hydrogen) atoms. The largest absolute Gasteiger partial charge is 0.352 e. The number of hydrogen-bond acceptors (Lipinski definition) is 3. The Bertz CT molecular complexity index is 376. The molecule has 0 unspecified atom stereocenters. The van der Waals surface area contributed by atoms with Gasteiger partial charge in [-0.3, -0.25) is 4.79 Å². The molecule has 0 aliphatic rings. The fourth-order valence-corrected chi connectivity index (χ4v) is 1.63. The van der Waals surface area contributed by atoms with Crippen LogP contribution < -0.4 is 11.1 Å². The Labute approximate surface area is 102 Å². The SMILES string of the molecule is CC(C)NC(=O)Cn1cncc1CC(C)(C)N. The molecule has 5 nitrogen and oxygen atoms in total. The van der Waals surface area contributed by atoms with Crippen LogP contribution in [0.25, 0.3) is 0 Å². The molecular formula is C12H22N4O. The van der Waals surface area contributed by atoms with Crippen molar-refractivity contribution in [3.8, 4) is 0 Å². The summed E-state index contributed by atoms with van der Waals surface area (Å²) in [5.41, 5.74) is 6.65. The molecule has 0 saturated heterocycles. The zero-order chi connectivity index (χ0) is 13.1. The Kier molecular flexibility index (Phi) is 4.28. The quantitative estimate of drug-likeness (QED) is 0.792. The van der Waals surface area contributed by atoms with Crippen molar-refractivity contribution in [3.05, 3.63) is 18.2 Å². The highest BCUT2D eigenvalue weighted by molar-refractivity contribution is 5.76. The minimum absolute atomic E-state index is 0.00548. The van der Waals surface area contributed by atoms with Crippen LogP contribution in [0.3, 0.4) is 0 Å². The fraction of sp³-hybridized carbons (Fsp3) is 0.667. The van der Waals surface area contributed by atoms with Crippen molar-refractivity contribution in [1.29, 1.82) is 0 Å². The van der Waals surface area contributed by atoms with Crippen molar-refractivity contribution in [2.75, 3.05) is 0 Å². The van der Waals surface area contributed by atoms with Crippen LogP contribution >= 0.6 is 0 Å². The van der Waals surface area contributed by atoms with Crippen LogP contribution in [0.15, 0.2) is 12.5 Å². The topological polar surface area (TPSA) is 72.9 Å². The first-order valence-corrected chi connectivity index (χ1v) is 5.85.